The molecule has 4 rings (SSSR count). The number of nitrogens with zero attached hydrogens (tertiary/aromatic N) is 4. The highest BCUT2D eigenvalue weighted by Gasteiger charge is 2.31. The Labute approximate surface area is 140 Å². The lowest BCUT2D eigenvalue weighted by Gasteiger charge is -2.30. The smallest absolute Gasteiger partial charge is 0.281 e. The number of fused-ring (bicyclic) bond motifs is 5. The summed E-state index contributed by atoms with van der Waals surface area (Å²) in [6.45, 7) is 6.41. The van der Waals surface area contributed by atoms with Crippen LogP contribution in [0.25, 0.3) is 15.9 Å². The van der Waals surface area contributed by atoms with Gasteiger partial charge in [-0.2, -0.15) is 0 Å². The average molecular weight is 348 g/mol. The van der Waals surface area contributed by atoms with Gasteiger partial charge in [-0.1, -0.05) is 11.8 Å². The van der Waals surface area contributed by atoms with E-state index in [4.69, 9.17) is 9.72 Å². The lowest BCUT2D eigenvalue weighted by molar-refractivity contribution is -0.0379. The molecule has 0 amide bonds. The van der Waals surface area contributed by atoms with Crippen LogP contribution in [-0.2, 0) is 17.8 Å². The van der Waals surface area contributed by atoms with Crippen molar-refractivity contribution in [3.63, 3.8) is 0 Å². The van der Waals surface area contributed by atoms with Crippen LogP contribution in [0.1, 0.15) is 30.0 Å². The zero-order valence-electron chi connectivity index (χ0n) is 13.3. The minimum absolute atomic E-state index is 0.153. The van der Waals surface area contributed by atoms with Gasteiger partial charge in [0.1, 0.15) is 10.5 Å². The fraction of sp³-hybridized carbons (Fsp3) is 0.467. The number of aryl methyl sites for hydroxylation is 1. The molecule has 1 aliphatic heterocycles. The Balaban J connectivity index is 2.18. The van der Waals surface area contributed by atoms with Crippen molar-refractivity contribution >= 4 is 39.0 Å². The molecule has 6 nitrogen and oxygen atoms in total. The van der Waals surface area contributed by atoms with Crippen LogP contribution in [0.5, 0.6) is 0 Å². The van der Waals surface area contributed by atoms with Crippen LogP contribution in [0.3, 0.4) is 0 Å². The summed E-state index contributed by atoms with van der Waals surface area (Å²) in [5, 5.41) is 9.98. The second-order valence-electron chi connectivity index (χ2n) is 6.26. The summed E-state index contributed by atoms with van der Waals surface area (Å²) in [6, 6.07) is 0. The molecule has 0 saturated heterocycles. The molecule has 8 heteroatoms. The summed E-state index contributed by atoms with van der Waals surface area (Å²) in [4.78, 5) is 19.3. The van der Waals surface area contributed by atoms with Crippen LogP contribution in [-0.4, -0.2) is 31.4 Å². The van der Waals surface area contributed by atoms with E-state index in [-0.39, 0.29) is 11.2 Å². The van der Waals surface area contributed by atoms with E-state index in [0.717, 1.165) is 16.6 Å². The first-order chi connectivity index (χ1) is 10.9. The van der Waals surface area contributed by atoms with Gasteiger partial charge in [-0.3, -0.25) is 4.79 Å². The first kappa shape index (κ1) is 15.0. The molecule has 0 fully saturated rings. The number of thioether (sulfide) groups is 1. The number of ether oxygens (including phenoxy) is 1. The SMILES string of the molecule is CSc1nc2sc3c(c2c2nnc(C)c(=O)n12)CC(C)(C)OC3. The van der Waals surface area contributed by atoms with E-state index >= 15 is 0 Å². The van der Waals surface area contributed by atoms with Crippen molar-refractivity contribution in [1.29, 1.82) is 0 Å². The first-order valence-corrected chi connectivity index (χ1v) is 9.33. The summed E-state index contributed by atoms with van der Waals surface area (Å²) >= 11 is 3.06. The van der Waals surface area contributed by atoms with E-state index in [2.05, 4.69) is 24.0 Å². The predicted molar refractivity (Wildman–Crippen MR) is 91.5 cm³/mol. The van der Waals surface area contributed by atoms with Crippen LogP contribution in [0.4, 0.5) is 0 Å². The van der Waals surface area contributed by atoms with Gasteiger partial charge >= 0.3 is 0 Å². The molecule has 0 atom stereocenters. The Hall–Kier alpha value is -1.51. The summed E-state index contributed by atoms with van der Waals surface area (Å²) in [5.74, 6) is 0. The van der Waals surface area contributed by atoms with Gasteiger partial charge in [0.05, 0.1) is 17.6 Å². The summed E-state index contributed by atoms with van der Waals surface area (Å²) in [7, 11) is 0. The quantitative estimate of drug-likeness (QED) is 0.497. The lowest BCUT2D eigenvalue weighted by atomic mass is 9.94. The highest BCUT2D eigenvalue weighted by atomic mass is 32.2. The van der Waals surface area contributed by atoms with Gasteiger partial charge in [-0.05, 0) is 32.6 Å². The van der Waals surface area contributed by atoms with Gasteiger partial charge in [-0.25, -0.2) is 9.38 Å². The molecule has 0 unspecified atom stereocenters. The molecule has 3 aromatic rings. The van der Waals surface area contributed by atoms with Crippen molar-refractivity contribution in [2.24, 2.45) is 0 Å². The van der Waals surface area contributed by atoms with Crippen molar-refractivity contribution in [3.05, 3.63) is 26.5 Å². The zero-order chi connectivity index (χ0) is 16.4. The molecule has 1 aliphatic rings. The second-order valence-corrected chi connectivity index (χ2v) is 8.11. The van der Waals surface area contributed by atoms with Gasteiger partial charge in [0.15, 0.2) is 10.8 Å². The maximum atomic E-state index is 12.6. The third kappa shape index (κ3) is 2.20. The third-order valence-corrected chi connectivity index (χ3v) is 5.82. The topological polar surface area (TPSA) is 69.4 Å². The third-order valence-electron chi connectivity index (χ3n) is 4.08. The summed E-state index contributed by atoms with van der Waals surface area (Å²) < 4.78 is 7.49. The van der Waals surface area contributed by atoms with E-state index in [0.29, 0.717) is 23.1 Å². The van der Waals surface area contributed by atoms with Crippen LogP contribution < -0.4 is 5.56 Å². The Kier molecular flexibility index (Phi) is 3.26. The van der Waals surface area contributed by atoms with Crippen molar-refractivity contribution in [2.75, 3.05) is 6.26 Å². The number of hydrogen-bond acceptors (Lipinski definition) is 7. The van der Waals surface area contributed by atoms with Crippen LogP contribution in [0.2, 0.25) is 0 Å². The average Bonchev–Trinajstić information content (AvgIpc) is 2.86. The zero-order valence-corrected chi connectivity index (χ0v) is 15.0. The molecule has 0 aliphatic carbocycles. The molecule has 0 radical (unpaired) electrons. The Morgan fingerprint density at radius 3 is 2.87 bits per heavy atom. The number of rotatable bonds is 1. The maximum Gasteiger partial charge on any atom is 0.281 e. The molecule has 0 bridgehead atoms. The number of thiophene rings is 1. The van der Waals surface area contributed by atoms with E-state index < -0.39 is 0 Å². The number of hydrogen-bond donors (Lipinski definition) is 0. The van der Waals surface area contributed by atoms with Crippen LogP contribution in [0, 0.1) is 6.92 Å². The second kappa shape index (κ2) is 4.99. The molecule has 0 spiro atoms. The van der Waals surface area contributed by atoms with Gasteiger partial charge in [-0.15, -0.1) is 21.5 Å². The minimum Gasteiger partial charge on any atom is -0.370 e. The highest BCUT2D eigenvalue weighted by molar-refractivity contribution is 7.98. The number of aromatic nitrogens is 4. The van der Waals surface area contributed by atoms with Crippen LogP contribution in [0.15, 0.2) is 9.95 Å². The predicted octanol–water partition coefficient (Wildman–Crippen LogP) is 2.58. The van der Waals surface area contributed by atoms with Crippen molar-refractivity contribution in [1.82, 2.24) is 19.6 Å². The van der Waals surface area contributed by atoms with E-state index in [1.165, 1.54) is 22.2 Å². The van der Waals surface area contributed by atoms with Gasteiger partial charge in [0.2, 0.25) is 0 Å². The highest BCUT2D eigenvalue weighted by Crippen LogP contribution is 2.40. The van der Waals surface area contributed by atoms with Gasteiger partial charge in [0, 0.05) is 11.3 Å². The monoisotopic (exact) mass is 348 g/mol. The molecule has 0 aromatic carbocycles. The lowest BCUT2D eigenvalue weighted by Crippen LogP contribution is -2.31. The van der Waals surface area contributed by atoms with E-state index in [1.807, 2.05) is 6.26 Å². The fourth-order valence-corrected chi connectivity index (χ4v) is 4.62. The largest absolute Gasteiger partial charge is 0.370 e. The summed E-state index contributed by atoms with van der Waals surface area (Å²) in [6.07, 6.45) is 2.69. The van der Waals surface area contributed by atoms with Crippen molar-refractivity contribution in [3.8, 4) is 0 Å². The van der Waals surface area contributed by atoms with E-state index in [9.17, 15) is 4.79 Å². The Morgan fingerprint density at radius 2 is 2.13 bits per heavy atom. The molecule has 4 heterocycles. The Bertz CT molecular complexity index is 1010. The molecule has 0 N–H and O–H groups in total. The van der Waals surface area contributed by atoms with Gasteiger partial charge in [0.25, 0.3) is 5.56 Å². The van der Waals surface area contributed by atoms with Crippen molar-refractivity contribution < 1.29 is 4.74 Å². The molecule has 0 saturated carbocycles. The van der Waals surface area contributed by atoms with Crippen LogP contribution >= 0.6 is 23.1 Å². The molecule has 120 valence electrons. The Morgan fingerprint density at radius 1 is 1.35 bits per heavy atom. The maximum absolute atomic E-state index is 12.6. The normalized spacial score (nSPS) is 16.9. The fourth-order valence-electron chi connectivity index (χ4n) is 2.93. The molecular weight excluding hydrogens is 332 g/mol. The molecular formula is C15H16N4O2S2. The minimum atomic E-state index is -0.228. The van der Waals surface area contributed by atoms with Crippen molar-refractivity contribution in [2.45, 2.75) is 44.6 Å². The first-order valence-electron chi connectivity index (χ1n) is 7.29. The molecule has 23 heavy (non-hydrogen) atoms. The molecule has 3 aromatic heterocycles. The standard InChI is InChI=1S/C15H16N4O2S2/c1-7-13(20)19-11(18-17-7)10-8-5-15(2,3)21-6-9(8)23-12(10)16-14(19)22-4/h5-6H2,1-4H3. The summed E-state index contributed by atoms with van der Waals surface area (Å²) in [5.41, 5.74) is 1.79. The van der Waals surface area contributed by atoms with E-state index in [1.54, 1.807) is 22.7 Å². The van der Waals surface area contributed by atoms with Gasteiger partial charge < -0.3 is 4.74 Å².